The summed E-state index contributed by atoms with van der Waals surface area (Å²) in [5, 5.41) is 4.09. The van der Waals surface area contributed by atoms with Crippen molar-refractivity contribution in [2.75, 3.05) is 19.5 Å². The molecule has 1 heterocycles. The monoisotopic (exact) mass is 188 g/mol. The molecular weight excluding hydrogens is 176 g/mol. The molecule has 3 nitrogen and oxygen atoms in total. The van der Waals surface area contributed by atoms with E-state index in [1.54, 1.807) is 7.11 Å². The van der Waals surface area contributed by atoms with Crippen molar-refractivity contribution < 1.29 is 4.74 Å². The summed E-state index contributed by atoms with van der Waals surface area (Å²) in [7, 11) is 3.52. The van der Waals surface area contributed by atoms with E-state index in [9.17, 15) is 0 Å². The van der Waals surface area contributed by atoms with Gasteiger partial charge < -0.3 is 10.1 Å². The second-order valence-electron chi connectivity index (χ2n) is 3.01. The van der Waals surface area contributed by atoms with Gasteiger partial charge in [-0.25, -0.2) is 4.98 Å². The Bertz CT molecular complexity index is 411. The van der Waals surface area contributed by atoms with E-state index in [1.165, 1.54) is 0 Å². The summed E-state index contributed by atoms with van der Waals surface area (Å²) >= 11 is 0. The lowest BCUT2D eigenvalue weighted by Crippen LogP contribution is -1.92. The number of methoxy groups -OCH3 is 1. The normalized spacial score (nSPS) is 10.1. The van der Waals surface area contributed by atoms with Gasteiger partial charge in [0.05, 0.1) is 12.6 Å². The first-order valence-corrected chi connectivity index (χ1v) is 4.46. The molecule has 0 amide bonds. The zero-order valence-electron chi connectivity index (χ0n) is 8.24. The lowest BCUT2D eigenvalue weighted by atomic mass is 10.2. The first-order chi connectivity index (χ1) is 6.83. The fraction of sp³-hybridized carbons (Fsp3) is 0.182. The Morgan fingerprint density at radius 3 is 2.79 bits per heavy atom. The molecule has 0 aliphatic carbocycles. The summed E-state index contributed by atoms with van der Waals surface area (Å²) in [4.78, 5) is 4.40. The molecule has 1 aromatic heterocycles. The van der Waals surface area contributed by atoms with E-state index in [0.717, 1.165) is 22.5 Å². The van der Waals surface area contributed by atoms with Crippen LogP contribution in [-0.4, -0.2) is 19.1 Å². The number of rotatable bonds is 2. The van der Waals surface area contributed by atoms with Gasteiger partial charge in [-0.05, 0) is 30.3 Å². The van der Waals surface area contributed by atoms with Gasteiger partial charge in [0.25, 0.3) is 0 Å². The quantitative estimate of drug-likeness (QED) is 0.785. The molecule has 1 N–H and O–H groups in total. The van der Waals surface area contributed by atoms with E-state index in [-0.39, 0.29) is 0 Å². The fourth-order valence-electron chi connectivity index (χ4n) is 1.37. The molecule has 2 aromatic rings. The van der Waals surface area contributed by atoms with E-state index in [0.29, 0.717) is 0 Å². The Morgan fingerprint density at radius 1 is 1.21 bits per heavy atom. The molecule has 0 aliphatic rings. The summed E-state index contributed by atoms with van der Waals surface area (Å²) in [5.74, 6) is 1.74. The summed E-state index contributed by atoms with van der Waals surface area (Å²) < 4.78 is 5.14. The summed E-state index contributed by atoms with van der Waals surface area (Å²) in [6, 6.07) is 9.81. The highest BCUT2D eigenvalue weighted by Gasteiger charge is 1.98. The maximum atomic E-state index is 5.14. The van der Waals surface area contributed by atoms with Crippen molar-refractivity contribution in [3.05, 3.63) is 30.3 Å². The maximum absolute atomic E-state index is 5.14. The number of fused-ring (bicyclic) bond motifs is 1. The summed E-state index contributed by atoms with van der Waals surface area (Å²) in [6.45, 7) is 0. The highest BCUT2D eigenvalue weighted by molar-refractivity contribution is 5.81. The first kappa shape index (κ1) is 8.81. The summed E-state index contributed by atoms with van der Waals surface area (Å²) in [6.07, 6.45) is 0. The van der Waals surface area contributed by atoms with E-state index in [2.05, 4.69) is 10.3 Å². The molecular formula is C11H12N2O. The number of aromatic nitrogens is 1. The summed E-state index contributed by atoms with van der Waals surface area (Å²) in [5.41, 5.74) is 0.970. The second kappa shape index (κ2) is 3.54. The maximum Gasteiger partial charge on any atom is 0.126 e. The lowest BCUT2D eigenvalue weighted by Gasteiger charge is -2.03. The Labute approximate surface area is 82.7 Å². The Kier molecular flexibility index (Phi) is 2.23. The van der Waals surface area contributed by atoms with Gasteiger partial charge in [0, 0.05) is 12.4 Å². The highest BCUT2D eigenvalue weighted by Crippen LogP contribution is 2.20. The number of benzene rings is 1. The van der Waals surface area contributed by atoms with Gasteiger partial charge in [-0.1, -0.05) is 0 Å². The van der Waals surface area contributed by atoms with Crippen LogP contribution in [0.2, 0.25) is 0 Å². The molecule has 0 fully saturated rings. The average molecular weight is 188 g/mol. The third-order valence-corrected chi connectivity index (χ3v) is 2.15. The SMILES string of the molecule is CNc1ccc2cc(OC)ccc2n1. The van der Waals surface area contributed by atoms with Crippen molar-refractivity contribution in [3.8, 4) is 5.75 Å². The molecule has 0 atom stereocenters. The predicted octanol–water partition coefficient (Wildman–Crippen LogP) is 2.29. The minimum Gasteiger partial charge on any atom is -0.497 e. The molecule has 1 aromatic carbocycles. The average Bonchev–Trinajstić information content (AvgIpc) is 2.27. The Hall–Kier alpha value is -1.77. The van der Waals surface area contributed by atoms with Crippen molar-refractivity contribution in [1.29, 1.82) is 0 Å². The minimum atomic E-state index is 0.858. The van der Waals surface area contributed by atoms with Crippen LogP contribution in [0.3, 0.4) is 0 Å². The molecule has 3 heteroatoms. The van der Waals surface area contributed by atoms with Crippen LogP contribution >= 0.6 is 0 Å². The zero-order valence-corrected chi connectivity index (χ0v) is 8.24. The van der Waals surface area contributed by atoms with Crippen LogP contribution in [0.1, 0.15) is 0 Å². The number of nitrogens with zero attached hydrogens (tertiary/aromatic N) is 1. The lowest BCUT2D eigenvalue weighted by molar-refractivity contribution is 0.415. The van der Waals surface area contributed by atoms with Crippen LogP contribution in [0, 0.1) is 0 Å². The van der Waals surface area contributed by atoms with Crippen molar-refractivity contribution >= 4 is 16.7 Å². The standard InChI is InChI=1S/C11H12N2O/c1-12-11-6-3-8-7-9(14-2)4-5-10(8)13-11/h3-7H,1-2H3,(H,12,13). The van der Waals surface area contributed by atoms with Crippen LogP contribution in [-0.2, 0) is 0 Å². The molecule has 0 bridgehead atoms. The Morgan fingerprint density at radius 2 is 2.07 bits per heavy atom. The fourth-order valence-corrected chi connectivity index (χ4v) is 1.37. The molecule has 0 aliphatic heterocycles. The molecule has 0 radical (unpaired) electrons. The van der Waals surface area contributed by atoms with Gasteiger partial charge >= 0.3 is 0 Å². The van der Waals surface area contributed by atoms with Crippen LogP contribution in [0.4, 0.5) is 5.82 Å². The van der Waals surface area contributed by atoms with Crippen LogP contribution in [0.15, 0.2) is 30.3 Å². The van der Waals surface area contributed by atoms with Gasteiger partial charge in [-0.2, -0.15) is 0 Å². The second-order valence-corrected chi connectivity index (χ2v) is 3.01. The van der Waals surface area contributed by atoms with E-state index < -0.39 is 0 Å². The zero-order chi connectivity index (χ0) is 9.97. The molecule has 0 saturated heterocycles. The number of ether oxygens (including phenoxy) is 1. The van der Waals surface area contributed by atoms with E-state index in [1.807, 2.05) is 37.4 Å². The molecule has 72 valence electrons. The number of anilines is 1. The van der Waals surface area contributed by atoms with Crippen molar-refractivity contribution in [2.45, 2.75) is 0 Å². The molecule has 14 heavy (non-hydrogen) atoms. The third kappa shape index (κ3) is 1.48. The van der Waals surface area contributed by atoms with E-state index in [4.69, 9.17) is 4.74 Å². The van der Waals surface area contributed by atoms with Crippen LogP contribution < -0.4 is 10.1 Å². The number of hydrogen-bond donors (Lipinski definition) is 1. The largest absolute Gasteiger partial charge is 0.497 e. The molecule has 0 spiro atoms. The highest BCUT2D eigenvalue weighted by atomic mass is 16.5. The number of nitrogens with one attached hydrogen (secondary N) is 1. The topological polar surface area (TPSA) is 34.1 Å². The van der Waals surface area contributed by atoms with Gasteiger partial charge in [0.15, 0.2) is 0 Å². The van der Waals surface area contributed by atoms with Gasteiger partial charge in [-0.3, -0.25) is 0 Å². The van der Waals surface area contributed by atoms with Gasteiger partial charge in [0.2, 0.25) is 0 Å². The molecule has 2 rings (SSSR count). The van der Waals surface area contributed by atoms with Crippen LogP contribution in [0.25, 0.3) is 10.9 Å². The van der Waals surface area contributed by atoms with Crippen LogP contribution in [0.5, 0.6) is 5.75 Å². The molecule has 0 unspecified atom stereocenters. The van der Waals surface area contributed by atoms with E-state index >= 15 is 0 Å². The third-order valence-electron chi connectivity index (χ3n) is 2.15. The predicted molar refractivity (Wildman–Crippen MR) is 57.8 cm³/mol. The van der Waals surface area contributed by atoms with Gasteiger partial charge in [-0.15, -0.1) is 0 Å². The van der Waals surface area contributed by atoms with Crippen molar-refractivity contribution in [1.82, 2.24) is 4.98 Å². The Balaban J connectivity index is 2.57. The number of hydrogen-bond acceptors (Lipinski definition) is 3. The minimum absolute atomic E-state index is 0.858. The molecule has 0 saturated carbocycles. The van der Waals surface area contributed by atoms with Crippen molar-refractivity contribution in [3.63, 3.8) is 0 Å². The van der Waals surface area contributed by atoms with Gasteiger partial charge in [0.1, 0.15) is 11.6 Å². The number of pyridine rings is 1. The first-order valence-electron chi connectivity index (χ1n) is 4.46. The smallest absolute Gasteiger partial charge is 0.126 e. The van der Waals surface area contributed by atoms with Crippen molar-refractivity contribution in [2.24, 2.45) is 0 Å².